The Hall–Kier alpha value is -2.74. The van der Waals surface area contributed by atoms with Gasteiger partial charge in [-0.15, -0.1) is 0 Å². The predicted octanol–water partition coefficient (Wildman–Crippen LogP) is 3.76. The molecule has 0 spiro atoms. The molecule has 136 valence electrons. The highest BCUT2D eigenvalue weighted by atomic mass is 35.5. The van der Waals surface area contributed by atoms with Crippen molar-refractivity contribution in [1.82, 2.24) is 14.3 Å². The molecule has 9 heteroatoms. The number of nitrogens with zero attached hydrogens (tertiary/aromatic N) is 3. The van der Waals surface area contributed by atoms with Crippen LogP contribution in [0.25, 0.3) is 5.69 Å². The third kappa shape index (κ3) is 3.60. The van der Waals surface area contributed by atoms with Gasteiger partial charge >= 0.3 is 11.9 Å². The first-order valence-electron chi connectivity index (χ1n) is 7.44. The van der Waals surface area contributed by atoms with Crippen LogP contribution in [0.5, 0.6) is 5.75 Å². The normalized spacial score (nSPS) is 11.6. The molecule has 0 saturated heterocycles. The Morgan fingerprint density at radius 1 is 1.15 bits per heavy atom. The fraction of sp³-hybridized carbons (Fsp3) is 0.176. The van der Waals surface area contributed by atoms with Crippen molar-refractivity contribution in [2.24, 2.45) is 0 Å². The summed E-state index contributed by atoms with van der Waals surface area (Å²) < 4.78 is 45.5. The lowest BCUT2D eigenvalue weighted by atomic mass is 10.1. The van der Waals surface area contributed by atoms with Gasteiger partial charge in [0.05, 0.1) is 24.9 Å². The third-order valence-electron chi connectivity index (χ3n) is 3.75. The van der Waals surface area contributed by atoms with Crippen molar-refractivity contribution in [2.45, 2.75) is 12.7 Å². The van der Waals surface area contributed by atoms with Gasteiger partial charge in [0, 0.05) is 5.02 Å². The Morgan fingerprint density at radius 2 is 1.85 bits per heavy atom. The number of alkyl halides is 3. The van der Waals surface area contributed by atoms with Crippen molar-refractivity contribution >= 4 is 11.6 Å². The van der Waals surface area contributed by atoms with Gasteiger partial charge in [-0.2, -0.15) is 18.3 Å². The summed E-state index contributed by atoms with van der Waals surface area (Å²) in [5.41, 5.74) is -0.277. The van der Waals surface area contributed by atoms with Gasteiger partial charge in [0.2, 0.25) is 0 Å². The molecule has 26 heavy (non-hydrogen) atoms. The van der Waals surface area contributed by atoms with E-state index in [0.29, 0.717) is 22.0 Å². The van der Waals surface area contributed by atoms with E-state index < -0.39 is 17.4 Å². The largest absolute Gasteiger partial charge is 0.495 e. The minimum absolute atomic E-state index is 0.0346. The van der Waals surface area contributed by atoms with Gasteiger partial charge in [0.15, 0.2) is 0 Å². The maximum absolute atomic E-state index is 12.6. The van der Waals surface area contributed by atoms with E-state index in [1.807, 2.05) is 0 Å². The highest BCUT2D eigenvalue weighted by molar-refractivity contribution is 6.30. The van der Waals surface area contributed by atoms with Gasteiger partial charge in [0.25, 0.3) is 0 Å². The smallest absolute Gasteiger partial charge is 0.416 e. The van der Waals surface area contributed by atoms with E-state index in [0.717, 1.165) is 16.8 Å². The Kier molecular flexibility index (Phi) is 4.78. The number of benzene rings is 2. The molecular weight excluding hydrogens is 371 g/mol. The molecule has 5 nitrogen and oxygen atoms in total. The number of ether oxygens (including phenoxy) is 1. The Bertz CT molecular complexity index is 978. The van der Waals surface area contributed by atoms with Crippen molar-refractivity contribution in [3.05, 3.63) is 75.4 Å². The lowest BCUT2D eigenvalue weighted by molar-refractivity contribution is -0.137. The van der Waals surface area contributed by atoms with Gasteiger partial charge in [-0.25, -0.2) is 14.0 Å². The van der Waals surface area contributed by atoms with Crippen molar-refractivity contribution in [2.75, 3.05) is 7.11 Å². The van der Waals surface area contributed by atoms with Crippen LogP contribution in [0.4, 0.5) is 13.2 Å². The SMILES string of the molecule is COc1ccc(Cl)cc1-n1cnn(Cc2ccc(C(F)(F)F)cc2)c1=O. The zero-order valence-corrected chi connectivity index (χ0v) is 14.3. The van der Waals surface area contributed by atoms with Gasteiger partial charge in [-0.1, -0.05) is 23.7 Å². The highest BCUT2D eigenvalue weighted by Crippen LogP contribution is 2.29. The van der Waals surface area contributed by atoms with E-state index in [1.54, 1.807) is 18.2 Å². The molecule has 0 radical (unpaired) electrons. The molecular formula is C17H13ClF3N3O2. The molecule has 0 aliphatic heterocycles. The van der Waals surface area contributed by atoms with Crippen LogP contribution in [0.15, 0.2) is 53.6 Å². The monoisotopic (exact) mass is 383 g/mol. The van der Waals surface area contributed by atoms with E-state index in [9.17, 15) is 18.0 Å². The van der Waals surface area contributed by atoms with Gasteiger partial charge < -0.3 is 4.74 Å². The van der Waals surface area contributed by atoms with E-state index in [-0.39, 0.29) is 6.54 Å². The standard InChI is InChI=1S/C17H13ClF3N3O2/c1-26-15-7-6-13(18)8-14(15)23-10-22-24(16(23)25)9-11-2-4-12(5-3-11)17(19,20)21/h2-8,10H,9H2,1H3. The van der Waals surface area contributed by atoms with E-state index in [1.165, 1.54) is 30.1 Å². The minimum atomic E-state index is -4.40. The lowest BCUT2D eigenvalue weighted by Crippen LogP contribution is -2.24. The zero-order valence-electron chi connectivity index (χ0n) is 13.5. The summed E-state index contributed by atoms with van der Waals surface area (Å²) in [4.78, 5) is 12.6. The fourth-order valence-electron chi connectivity index (χ4n) is 2.43. The molecule has 3 aromatic rings. The predicted molar refractivity (Wildman–Crippen MR) is 89.9 cm³/mol. The molecule has 0 saturated carbocycles. The van der Waals surface area contributed by atoms with Crippen LogP contribution in [-0.4, -0.2) is 21.5 Å². The number of hydrogen-bond acceptors (Lipinski definition) is 3. The number of hydrogen-bond donors (Lipinski definition) is 0. The highest BCUT2D eigenvalue weighted by Gasteiger charge is 2.29. The van der Waals surface area contributed by atoms with E-state index in [4.69, 9.17) is 16.3 Å². The molecule has 1 aromatic heterocycles. The second kappa shape index (κ2) is 6.87. The summed E-state index contributed by atoms with van der Waals surface area (Å²) in [6, 6.07) is 9.38. The summed E-state index contributed by atoms with van der Waals surface area (Å²) in [5.74, 6) is 0.436. The van der Waals surface area contributed by atoms with Crippen LogP contribution in [0, 0.1) is 0 Å². The minimum Gasteiger partial charge on any atom is -0.495 e. The molecule has 3 rings (SSSR count). The summed E-state index contributed by atoms with van der Waals surface area (Å²) in [6.45, 7) is 0.0346. The molecule has 2 aromatic carbocycles. The molecule has 1 heterocycles. The first-order chi connectivity index (χ1) is 12.3. The Labute approximate surface area is 151 Å². The van der Waals surface area contributed by atoms with Crippen LogP contribution in [0.3, 0.4) is 0 Å². The number of rotatable bonds is 4. The average Bonchev–Trinajstić information content (AvgIpc) is 2.95. The van der Waals surface area contributed by atoms with Crippen LogP contribution >= 0.6 is 11.6 Å². The van der Waals surface area contributed by atoms with Crippen molar-refractivity contribution in [1.29, 1.82) is 0 Å². The molecule has 0 N–H and O–H groups in total. The van der Waals surface area contributed by atoms with Crippen LogP contribution in [0.1, 0.15) is 11.1 Å². The second-order valence-electron chi connectivity index (χ2n) is 5.45. The van der Waals surface area contributed by atoms with Crippen molar-refractivity contribution < 1.29 is 17.9 Å². The molecule has 0 unspecified atom stereocenters. The molecule has 0 aliphatic rings. The topological polar surface area (TPSA) is 49.0 Å². The summed E-state index contributed by atoms with van der Waals surface area (Å²) >= 11 is 5.97. The van der Waals surface area contributed by atoms with Gasteiger partial charge in [0.1, 0.15) is 12.1 Å². The molecule has 0 amide bonds. The maximum atomic E-state index is 12.6. The fourth-order valence-corrected chi connectivity index (χ4v) is 2.60. The Balaban J connectivity index is 1.91. The van der Waals surface area contributed by atoms with Crippen LogP contribution in [0.2, 0.25) is 5.02 Å². The molecule has 0 fully saturated rings. The first kappa shape index (κ1) is 18.1. The van der Waals surface area contributed by atoms with Crippen LogP contribution in [-0.2, 0) is 12.7 Å². The van der Waals surface area contributed by atoms with Gasteiger partial charge in [-0.3, -0.25) is 0 Å². The van der Waals surface area contributed by atoms with Crippen molar-refractivity contribution in [3.8, 4) is 11.4 Å². The summed E-state index contributed by atoms with van der Waals surface area (Å²) in [6.07, 6.45) is -3.10. The second-order valence-corrected chi connectivity index (χ2v) is 5.89. The third-order valence-corrected chi connectivity index (χ3v) is 3.98. The number of methoxy groups -OCH3 is 1. The van der Waals surface area contributed by atoms with E-state index >= 15 is 0 Å². The zero-order chi connectivity index (χ0) is 18.9. The number of aromatic nitrogens is 3. The van der Waals surface area contributed by atoms with Crippen LogP contribution < -0.4 is 10.4 Å². The summed E-state index contributed by atoms with van der Waals surface area (Å²) in [5, 5.41) is 4.43. The average molecular weight is 384 g/mol. The molecule has 0 bridgehead atoms. The quantitative estimate of drug-likeness (QED) is 0.689. The van der Waals surface area contributed by atoms with Crippen molar-refractivity contribution in [3.63, 3.8) is 0 Å². The van der Waals surface area contributed by atoms with Gasteiger partial charge in [-0.05, 0) is 35.9 Å². The van der Waals surface area contributed by atoms with E-state index in [2.05, 4.69) is 5.10 Å². The lowest BCUT2D eigenvalue weighted by Gasteiger charge is -2.08. The molecule has 0 aliphatic carbocycles. The first-order valence-corrected chi connectivity index (χ1v) is 7.82. The Morgan fingerprint density at radius 3 is 2.46 bits per heavy atom. The molecule has 0 atom stereocenters. The summed E-state index contributed by atoms with van der Waals surface area (Å²) in [7, 11) is 1.46. The maximum Gasteiger partial charge on any atom is 0.416 e. The number of halogens is 4.